The molecule has 0 bridgehead atoms. The molecular formula is C13H17N3O. The van der Waals surface area contributed by atoms with Crippen molar-refractivity contribution in [3.8, 4) is 0 Å². The summed E-state index contributed by atoms with van der Waals surface area (Å²) in [5.41, 5.74) is 1.32. The highest BCUT2D eigenvalue weighted by molar-refractivity contribution is 5.24. The fraction of sp³-hybridized carbons (Fsp3) is 0.462. The molecule has 0 radical (unpaired) electrons. The van der Waals surface area contributed by atoms with Gasteiger partial charge < -0.3 is 14.3 Å². The zero-order chi connectivity index (χ0) is 11.7. The van der Waals surface area contributed by atoms with Crippen LogP contribution < -0.4 is 5.32 Å². The second kappa shape index (κ2) is 4.37. The molecule has 1 atom stereocenters. The fourth-order valence-electron chi connectivity index (χ4n) is 2.48. The Kier molecular flexibility index (Phi) is 2.73. The number of furan rings is 1. The zero-order valence-corrected chi connectivity index (χ0v) is 10.0. The molecule has 1 unspecified atom stereocenters. The minimum absolute atomic E-state index is 0.411. The van der Waals surface area contributed by atoms with E-state index >= 15 is 0 Å². The average Bonchev–Trinajstić information content (AvgIpc) is 2.95. The molecule has 4 nitrogen and oxygen atoms in total. The fourth-order valence-corrected chi connectivity index (χ4v) is 2.48. The SMILES string of the molecule is Cn1ccnc1CNC1CCCc2occc21. The summed E-state index contributed by atoms with van der Waals surface area (Å²) >= 11 is 0. The minimum atomic E-state index is 0.411. The Morgan fingerprint density at radius 1 is 1.59 bits per heavy atom. The van der Waals surface area contributed by atoms with E-state index < -0.39 is 0 Å². The van der Waals surface area contributed by atoms with Crippen LogP contribution in [0.2, 0.25) is 0 Å². The number of nitrogens with zero attached hydrogens (tertiary/aromatic N) is 2. The number of rotatable bonds is 3. The molecule has 2 aromatic heterocycles. The Labute approximate surface area is 101 Å². The van der Waals surface area contributed by atoms with Crippen molar-refractivity contribution in [2.45, 2.75) is 31.8 Å². The van der Waals surface area contributed by atoms with E-state index in [2.05, 4.69) is 16.4 Å². The van der Waals surface area contributed by atoms with Gasteiger partial charge in [-0.2, -0.15) is 0 Å². The summed E-state index contributed by atoms with van der Waals surface area (Å²) in [4.78, 5) is 4.32. The van der Waals surface area contributed by atoms with Gasteiger partial charge in [0, 0.05) is 37.5 Å². The number of fused-ring (bicyclic) bond motifs is 1. The summed E-state index contributed by atoms with van der Waals surface area (Å²) in [6.07, 6.45) is 9.05. The van der Waals surface area contributed by atoms with E-state index in [0.717, 1.165) is 24.6 Å². The molecule has 0 aliphatic heterocycles. The van der Waals surface area contributed by atoms with Gasteiger partial charge in [-0.25, -0.2) is 4.98 Å². The number of hydrogen-bond donors (Lipinski definition) is 1. The average molecular weight is 231 g/mol. The lowest BCUT2D eigenvalue weighted by atomic mass is 9.93. The maximum absolute atomic E-state index is 5.49. The summed E-state index contributed by atoms with van der Waals surface area (Å²) < 4.78 is 7.53. The van der Waals surface area contributed by atoms with Gasteiger partial charge in [-0.1, -0.05) is 0 Å². The van der Waals surface area contributed by atoms with Gasteiger partial charge in [-0.3, -0.25) is 0 Å². The van der Waals surface area contributed by atoms with E-state index in [4.69, 9.17) is 4.42 Å². The van der Waals surface area contributed by atoms with Crippen LogP contribution in [-0.4, -0.2) is 9.55 Å². The highest BCUT2D eigenvalue weighted by Gasteiger charge is 2.22. The van der Waals surface area contributed by atoms with E-state index in [1.807, 2.05) is 24.0 Å². The van der Waals surface area contributed by atoms with Crippen molar-refractivity contribution in [3.05, 3.63) is 41.9 Å². The molecule has 0 saturated carbocycles. The topological polar surface area (TPSA) is 43.0 Å². The monoisotopic (exact) mass is 231 g/mol. The summed E-state index contributed by atoms with van der Waals surface area (Å²) in [6.45, 7) is 0.804. The Balaban J connectivity index is 1.70. The predicted molar refractivity (Wildman–Crippen MR) is 64.4 cm³/mol. The predicted octanol–water partition coefficient (Wildman–Crippen LogP) is 2.18. The van der Waals surface area contributed by atoms with Crippen LogP contribution in [-0.2, 0) is 20.0 Å². The van der Waals surface area contributed by atoms with Gasteiger partial charge in [0.1, 0.15) is 11.6 Å². The van der Waals surface area contributed by atoms with E-state index in [0.29, 0.717) is 6.04 Å². The smallest absolute Gasteiger partial charge is 0.122 e. The Morgan fingerprint density at radius 2 is 2.53 bits per heavy atom. The molecule has 1 aliphatic rings. The van der Waals surface area contributed by atoms with Crippen LogP contribution in [0.25, 0.3) is 0 Å². The van der Waals surface area contributed by atoms with Crippen LogP contribution in [0.3, 0.4) is 0 Å². The van der Waals surface area contributed by atoms with Gasteiger partial charge in [0.15, 0.2) is 0 Å². The summed E-state index contributed by atoms with van der Waals surface area (Å²) in [5.74, 6) is 2.22. The normalized spacial score (nSPS) is 19.2. The molecule has 4 heteroatoms. The lowest BCUT2D eigenvalue weighted by Gasteiger charge is -2.22. The first-order valence-electron chi connectivity index (χ1n) is 6.10. The van der Waals surface area contributed by atoms with Crippen LogP contribution >= 0.6 is 0 Å². The van der Waals surface area contributed by atoms with Gasteiger partial charge in [0.2, 0.25) is 0 Å². The third-order valence-corrected chi connectivity index (χ3v) is 3.48. The molecule has 17 heavy (non-hydrogen) atoms. The van der Waals surface area contributed by atoms with E-state index in [1.54, 1.807) is 6.26 Å². The van der Waals surface area contributed by atoms with Crippen molar-refractivity contribution < 1.29 is 4.42 Å². The maximum Gasteiger partial charge on any atom is 0.122 e. The number of nitrogens with one attached hydrogen (secondary N) is 1. The number of aryl methyl sites for hydroxylation is 2. The second-order valence-corrected chi connectivity index (χ2v) is 4.58. The molecule has 1 N–H and O–H groups in total. The molecule has 1 aliphatic carbocycles. The van der Waals surface area contributed by atoms with E-state index in [-0.39, 0.29) is 0 Å². The summed E-state index contributed by atoms with van der Waals surface area (Å²) in [7, 11) is 2.02. The zero-order valence-electron chi connectivity index (χ0n) is 10.0. The van der Waals surface area contributed by atoms with Crippen LogP contribution in [0.5, 0.6) is 0 Å². The molecule has 0 spiro atoms. The minimum Gasteiger partial charge on any atom is -0.469 e. The van der Waals surface area contributed by atoms with Crippen molar-refractivity contribution >= 4 is 0 Å². The Bertz CT molecular complexity index is 500. The molecule has 0 saturated heterocycles. The maximum atomic E-state index is 5.49. The van der Waals surface area contributed by atoms with Gasteiger partial charge >= 0.3 is 0 Å². The molecule has 2 heterocycles. The van der Waals surface area contributed by atoms with Gasteiger partial charge in [-0.15, -0.1) is 0 Å². The van der Waals surface area contributed by atoms with Crippen molar-refractivity contribution in [2.75, 3.05) is 0 Å². The molecular weight excluding hydrogens is 214 g/mol. The summed E-state index contributed by atoms with van der Waals surface area (Å²) in [6, 6.07) is 2.50. The molecule has 0 fully saturated rings. The number of hydrogen-bond acceptors (Lipinski definition) is 3. The van der Waals surface area contributed by atoms with Crippen LogP contribution in [0, 0.1) is 0 Å². The molecule has 2 aromatic rings. The quantitative estimate of drug-likeness (QED) is 0.880. The van der Waals surface area contributed by atoms with Crippen molar-refractivity contribution in [3.63, 3.8) is 0 Å². The highest BCUT2D eigenvalue weighted by Crippen LogP contribution is 2.30. The first-order chi connectivity index (χ1) is 8.34. The van der Waals surface area contributed by atoms with Gasteiger partial charge in [0.25, 0.3) is 0 Å². The van der Waals surface area contributed by atoms with Gasteiger partial charge in [0.05, 0.1) is 12.8 Å². The Morgan fingerprint density at radius 3 is 3.35 bits per heavy atom. The van der Waals surface area contributed by atoms with Crippen LogP contribution in [0.1, 0.15) is 36.0 Å². The standard InChI is InChI=1S/C13H17N3O/c1-16-7-6-14-13(16)9-15-11-3-2-4-12-10(11)5-8-17-12/h5-8,11,15H,2-4,9H2,1H3. The van der Waals surface area contributed by atoms with Crippen LogP contribution in [0.15, 0.2) is 29.1 Å². The molecule has 3 rings (SSSR count). The third kappa shape index (κ3) is 2.00. The molecule has 90 valence electrons. The lowest BCUT2D eigenvalue weighted by Crippen LogP contribution is -2.25. The third-order valence-electron chi connectivity index (χ3n) is 3.48. The Hall–Kier alpha value is -1.55. The van der Waals surface area contributed by atoms with Crippen molar-refractivity contribution in [1.29, 1.82) is 0 Å². The highest BCUT2D eigenvalue weighted by atomic mass is 16.3. The van der Waals surface area contributed by atoms with Crippen molar-refractivity contribution in [1.82, 2.24) is 14.9 Å². The van der Waals surface area contributed by atoms with Crippen molar-refractivity contribution in [2.24, 2.45) is 7.05 Å². The molecule has 0 aromatic carbocycles. The van der Waals surface area contributed by atoms with Crippen LogP contribution in [0.4, 0.5) is 0 Å². The van der Waals surface area contributed by atoms with Gasteiger partial charge in [-0.05, 0) is 18.9 Å². The number of aromatic nitrogens is 2. The first kappa shape index (κ1) is 10.6. The first-order valence-corrected chi connectivity index (χ1v) is 6.10. The van der Waals surface area contributed by atoms with E-state index in [1.165, 1.54) is 18.4 Å². The lowest BCUT2D eigenvalue weighted by molar-refractivity contribution is 0.406. The molecule has 0 amide bonds. The largest absolute Gasteiger partial charge is 0.469 e. The number of imidazole rings is 1. The second-order valence-electron chi connectivity index (χ2n) is 4.58. The summed E-state index contributed by atoms with van der Waals surface area (Å²) in [5, 5.41) is 3.56. The van der Waals surface area contributed by atoms with E-state index in [9.17, 15) is 0 Å².